The second-order valence-electron chi connectivity index (χ2n) is 8.23. The molecule has 188 valence electrons. The molecule has 8 heteroatoms. The summed E-state index contributed by atoms with van der Waals surface area (Å²) in [5.74, 6) is 1.80. The summed E-state index contributed by atoms with van der Waals surface area (Å²) in [6.45, 7) is 10.2. The van der Waals surface area contributed by atoms with E-state index in [0.29, 0.717) is 42.1 Å². The second kappa shape index (κ2) is 13.3. The Morgan fingerprint density at radius 1 is 1.17 bits per heavy atom. The van der Waals surface area contributed by atoms with Crippen LogP contribution < -0.4 is 9.47 Å². The molecule has 0 bridgehead atoms. The molecular formula is C27H34ClN3O4. The molecule has 0 amide bonds. The molecule has 1 N–H and O–H groups in total. The second-order valence-corrected chi connectivity index (χ2v) is 8.66. The summed E-state index contributed by atoms with van der Waals surface area (Å²) in [7, 11) is 1.61. The van der Waals surface area contributed by atoms with Crippen LogP contribution in [0.2, 0.25) is 5.02 Å². The van der Waals surface area contributed by atoms with Crippen molar-refractivity contribution in [3.8, 4) is 23.1 Å². The van der Waals surface area contributed by atoms with Gasteiger partial charge < -0.3 is 19.3 Å². The first-order valence-electron chi connectivity index (χ1n) is 11.7. The third-order valence-electron chi connectivity index (χ3n) is 5.42. The van der Waals surface area contributed by atoms with Crippen molar-refractivity contribution in [2.45, 2.75) is 32.9 Å². The van der Waals surface area contributed by atoms with Crippen LogP contribution in [0, 0.1) is 6.92 Å². The van der Waals surface area contributed by atoms with Gasteiger partial charge in [0, 0.05) is 18.1 Å². The Labute approximate surface area is 212 Å². The van der Waals surface area contributed by atoms with Crippen molar-refractivity contribution in [3.05, 3.63) is 77.5 Å². The van der Waals surface area contributed by atoms with E-state index in [2.05, 4.69) is 18.4 Å². The van der Waals surface area contributed by atoms with E-state index in [1.54, 1.807) is 17.9 Å². The molecule has 0 spiro atoms. The molecule has 3 aromatic rings. The highest BCUT2D eigenvalue weighted by atomic mass is 35.5. The van der Waals surface area contributed by atoms with E-state index in [4.69, 9.17) is 30.9 Å². The molecule has 3 rings (SSSR count). The zero-order chi connectivity index (χ0) is 25.2. The standard InChI is InChI=1S/C27H34ClN3O4/c1-5-15-30(17-23(32)19-34-16-6-2)18-24-20(3)29-31(22-13-11-21(28)12-14-22)27(24)35-26-10-8-7-9-25(26)33-4/h6-14,23,32H,2,5,15-19H2,1,3-4H3/t23-/m0/s1. The van der Waals surface area contributed by atoms with Crippen molar-refractivity contribution in [2.24, 2.45) is 0 Å². The summed E-state index contributed by atoms with van der Waals surface area (Å²) in [5.41, 5.74) is 2.59. The minimum atomic E-state index is -0.619. The normalized spacial score (nSPS) is 12.1. The Kier molecular flexibility index (Phi) is 10.2. The van der Waals surface area contributed by atoms with Gasteiger partial charge >= 0.3 is 0 Å². The first-order valence-corrected chi connectivity index (χ1v) is 12.1. The van der Waals surface area contributed by atoms with Crippen LogP contribution in [0.1, 0.15) is 24.6 Å². The Morgan fingerprint density at radius 3 is 2.54 bits per heavy atom. The molecule has 1 heterocycles. The SMILES string of the molecule is C=CCOC[C@@H](O)CN(CCC)Cc1c(C)nn(-c2ccc(Cl)cc2)c1Oc1ccccc1OC. The minimum absolute atomic E-state index is 0.250. The van der Waals surface area contributed by atoms with Crippen molar-refractivity contribution in [3.63, 3.8) is 0 Å². The Balaban J connectivity index is 1.97. The smallest absolute Gasteiger partial charge is 0.227 e. The van der Waals surface area contributed by atoms with Gasteiger partial charge in [-0.05, 0) is 56.3 Å². The number of halogens is 1. The molecule has 1 aromatic heterocycles. The Morgan fingerprint density at radius 2 is 1.89 bits per heavy atom. The zero-order valence-electron chi connectivity index (χ0n) is 20.6. The third kappa shape index (κ3) is 7.32. The predicted octanol–water partition coefficient (Wildman–Crippen LogP) is 5.41. The monoisotopic (exact) mass is 499 g/mol. The van der Waals surface area contributed by atoms with Crippen molar-refractivity contribution in [2.75, 3.05) is 33.4 Å². The van der Waals surface area contributed by atoms with E-state index >= 15 is 0 Å². The first kappa shape index (κ1) is 26.8. The molecule has 0 aliphatic carbocycles. The average molecular weight is 500 g/mol. The molecule has 0 unspecified atom stereocenters. The lowest BCUT2D eigenvalue weighted by molar-refractivity contribution is 0.0244. The highest BCUT2D eigenvalue weighted by Gasteiger charge is 2.23. The lowest BCUT2D eigenvalue weighted by Gasteiger charge is -2.25. The summed E-state index contributed by atoms with van der Waals surface area (Å²) in [6.07, 6.45) is 1.99. The summed E-state index contributed by atoms with van der Waals surface area (Å²) in [5, 5.41) is 16.0. The number of aryl methyl sites for hydroxylation is 1. The van der Waals surface area contributed by atoms with Gasteiger partial charge in [0.25, 0.3) is 0 Å². The number of benzene rings is 2. The maximum absolute atomic E-state index is 10.5. The van der Waals surface area contributed by atoms with E-state index in [1.807, 2.05) is 55.5 Å². The largest absolute Gasteiger partial charge is 0.493 e. The van der Waals surface area contributed by atoms with Crippen LogP contribution >= 0.6 is 11.6 Å². The number of nitrogens with zero attached hydrogens (tertiary/aromatic N) is 3. The minimum Gasteiger partial charge on any atom is -0.493 e. The number of aliphatic hydroxyl groups excluding tert-OH is 1. The molecular weight excluding hydrogens is 466 g/mol. The molecule has 0 radical (unpaired) electrons. The lowest BCUT2D eigenvalue weighted by Crippen LogP contribution is -2.35. The summed E-state index contributed by atoms with van der Waals surface area (Å²) in [6, 6.07) is 15.0. The van der Waals surface area contributed by atoms with E-state index in [9.17, 15) is 5.11 Å². The van der Waals surface area contributed by atoms with E-state index < -0.39 is 6.10 Å². The van der Waals surface area contributed by atoms with Crippen LogP contribution in [-0.4, -0.2) is 59.3 Å². The zero-order valence-corrected chi connectivity index (χ0v) is 21.4. The maximum atomic E-state index is 10.5. The number of hydrogen-bond acceptors (Lipinski definition) is 6. The molecule has 7 nitrogen and oxygen atoms in total. The number of rotatable bonds is 14. The molecule has 0 fully saturated rings. The summed E-state index contributed by atoms with van der Waals surface area (Å²) >= 11 is 6.12. The van der Waals surface area contributed by atoms with E-state index in [-0.39, 0.29) is 6.61 Å². The maximum Gasteiger partial charge on any atom is 0.227 e. The summed E-state index contributed by atoms with van der Waals surface area (Å²) in [4.78, 5) is 2.19. The van der Waals surface area contributed by atoms with E-state index in [1.165, 1.54) is 0 Å². The van der Waals surface area contributed by atoms with Crippen LogP contribution in [0.4, 0.5) is 0 Å². The third-order valence-corrected chi connectivity index (χ3v) is 5.67. The van der Waals surface area contributed by atoms with Crippen LogP contribution in [-0.2, 0) is 11.3 Å². The highest BCUT2D eigenvalue weighted by Crippen LogP contribution is 2.36. The quantitative estimate of drug-likeness (QED) is 0.236. The van der Waals surface area contributed by atoms with Gasteiger partial charge in [-0.3, -0.25) is 4.90 Å². The first-order chi connectivity index (χ1) is 17.0. The molecule has 0 saturated carbocycles. The van der Waals surface area contributed by atoms with Gasteiger partial charge in [0.15, 0.2) is 11.5 Å². The topological polar surface area (TPSA) is 69.0 Å². The number of methoxy groups -OCH3 is 1. The number of aromatic nitrogens is 2. The van der Waals surface area contributed by atoms with Crippen LogP contribution in [0.5, 0.6) is 17.4 Å². The van der Waals surface area contributed by atoms with Crippen molar-refractivity contribution in [1.29, 1.82) is 0 Å². The Hall–Kier alpha value is -2.84. The molecule has 2 aromatic carbocycles. The molecule has 1 atom stereocenters. The fraction of sp³-hybridized carbons (Fsp3) is 0.370. The van der Waals surface area contributed by atoms with Gasteiger partial charge in [-0.1, -0.05) is 36.7 Å². The average Bonchev–Trinajstić information content (AvgIpc) is 3.15. The van der Waals surface area contributed by atoms with Gasteiger partial charge in [0.1, 0.15) is 0 Å². The number of ether oxygens (including phenoxy) is 3. The number of hydrogen-bond donors (Lipinski definition) is 1. The lowest BCUT2D eigenvalue weighted by atomic mass is 10.2. The van der Waals surface area contributed by atoms with Gasteiger partial charge in [-0.2, -0.15) is 5.10 Å². The summed E-state index contributed by atoms with van der Waals surface area (Å²) < 4.78 is 19.2. The van der Waals surface area contributed by atoms with Crippen LogP contribution in [0.25, 0.3) is 5.69 Å². The van der Waals surface area contributed by atoms with Crippen LogP contribution in [0.15, 0.2) is 61.2 Å². The van der Waals surface area contributed by atoms with Crippen molar-refractivity contribution in [1.82, 2.24) is 14.7 Å². The van der Waals surface area contributed by atoms with Crippen molar-refractivity contribution < 1.29 is 19.3 Å². The van der Waals surface area contributed by atoms with E-state index in [0.717, 1.165) is 29.9 Å². The van der Waals surface area contributed by atoms with Gasteiger partial charge in [0.2, 0.25) is 5.88 Å². The molecule has 35 heavy (non-hydrogen) atoms. The Bertz CT molecular complexity index is 1080. The van der Waals surface area contributed by atoms with Crippen molar-refractivity contribution >= 4 is 11.6 Å². The molecule has 0 aliphatic heterocycles. The predicted molar refractivity (Wildman–Crippen MR) is 139 cm³/mol. The fourth-order valence-electron chi connectivity index (χ4n) is 3.80. The number of aliphatic hydroxyl groups is 1. The number of para-hydroxylation sites is 2. The molecule has 0 saturated heterocycles. The van der Waals surface area contributed by atoms with Gasteiger partial charge in [-0.25, -0.2) is 4.68 Å². The fourth-order valence-corrected chi connectivity index (χ4v) is 3.93. The van der Waals surface area contributed by atoms with Gasteiger partial charge in [-0.15, -0.1) is 6.58 Å². The van der Waals surface area contributed by atoms with Gasteiger partial charge in [0.05, 0.1) is 43.4 Å². The van der Waals surface area contributed by atoms with Crippen LogP contribution in [0.3, 0.4) is 0 Å². The highest BCUT2D eigenvalue weighted by molar-refractivity contribution is 6.30. The molecule has 0 aliphatic rings.